The third kappa shape index (κ3) is 3.85. The van der Waals surface area contributed by atoms with Gasteiger partial charge < -0.3 is 14.1 Å². The SMILES string of the molecule is Cc1cc2oc3c(c(=O)c2cc1C)[C@@H](c1ccccc1F)N(CCCN1CCOCC1)C3=O. The van der Waals surface area contributed by atoms with Crippen LogP contribution in [0.15, 0.2) is 45.6 Å². The van der Waals surface area contributed by atoms with Crippen molar-refractivity contribution in [1.29, 1.82) is 0 Å². The molecule has 7 heteroatoms. The number of fused-ring (bicyclic) bond motifs is 2. The number of aryl methyl sites for hydroxylation is 2. The van der Waals surface area contributed by atoms with Gasteiger partial charge in [0.15, 0.2) is 5.43 Å². The van der Waals surface area contributed by atoms with Crippen LogP contribution in [0.3, 0.4) is 0 Å². The summed E-state index contributed by atoms with van der Waals surface area (Å²) in [6.45, 7) is 8.18. The van der Waals surface area contributed by atoms with E-state index in [1.54, 1.807) is 35.2 Å². The molecule has 6 nitrogen and oxygen atoms in total. The Labute approximate surface area is 191 Å². The number of rotatable bonds is 5. The number of halogens is 1. The molecule has 172 valence electrons. The van der Waals surface area contributed by atoms with Gasteiger partial charge in [0.25, 0.3) is 5.91 Å². The van der Waals surface area contributed by atoms with Gasteiger partial charge in [0.05, 0.1) is 30.2 Å². The molecule has 33 heavy (non-hydrogen) atoms. The number of morpholine rings is 1. The van der Waals surface area contributed by atoms with Crippen molar-refractivity contribution in [3.05, 3.63) is 80.5 Å². The van der Waals surface area contributed by atoms with Crippen LogP contribution in [-0.4, -0.2) is 55.1 Å². The summed E-state index contributed by atoms with van der Waals surface area (Å²) in [6.07, 6.45) is 0.705. The van der Waals surface area contributed by atoms with Gasteiger partial charge in [-0.25, -0.2) is 4.39 Å². The summed E-state index contributed by atoms with van der Waals surface area (Å²) in [7, 11) is 0. The Bertz CT molecular complexity index is 1280. The first-order chi connectivity index (χ1) is 16.0. The van der Waals surface area contributed by atoms with Crippen molar-refractivity contribution < 1.29 is 18.3 Å². The second-order valence-electron chi connectivity index (χ2n) is 8.84. The smallest absolute Gasteiger partial charge is 0.290 e. The van der Waals surface area contributed by atoms with E-state index in [0.717, 1.165) is 30.8 Å². The van der Waals surface area contributed by atoms with Gasteiger partial charge in [-0.1, -0.05) is 18.2 Å². The average Bonchev–Trinajstić information content (AvgIpc) is 3.08. The highest BCUT2D eigenvalue weighted by Gasteiger charge is 2.43. The van der Waals surface area contributed by atoms with Gasteiger partial charge in [-0.05, 0) is 49.6 Å². The van der Waals surface area contributed by atoms with Gasteiger partial charge in [-0.3, -0.25) is 14.5 Å². The summed E-state index contributed by atoms with van der Waals surface area (Å²) in [4.78, 5) is 30.9. The van der Waals surface area contributed by atoms with Crippen molar-refractivity contribution in [1.82, 2.24) is 9.80 Å². The average molecular weight is 451 g/mol. The minimum Gasteiger partial charge on any atom is -0.450 e. The zero-order valence-electron chi connectivity index (χ0n) is 18.9. The van der Waals surface area contributed by atoms with E-state index >= 15 is 0 Å². The van der Waals surface area contributed by atoms with E-state index in [1.165, 1.54) is 6.07 Å². The molecule has 1 saturated heterocycles. The summed E-state index contributed by atoms with van der Waals surface area (Å²) < 4.78 is 26.3. The van der Waals surface area contributed by atoms with Gasteiger partial charge in [-0.15, -0.1) is 0 Å². The summed E-state index contributed by atoms with van der Waals surface area (Å²) >= 11 is 0. The summed E-state index contributed by atoms with van der Waals surface area (Å²) in [6, 6.07) is 9.11. The molecule has 2 aromatic carbocycles. The van der Waals surface area contributed by atoms with Crippen LogP contribution in [0.2, 0.25) is 0 Å². The molecule has 0 saturated carbocycles. The zero-order valence-corrected chi connectivity index (χ0v) is 18.9. The maximum absolute atomic E-state index is 14.9. The number of benzene rings is 2. The highest BCUT2D eigenvalue weighted by Crippen LogP contribution is 2.39. The van der Waals surface area contributed by atoms with Crippen molar-refractivity contribution in [2.45, 2.75) is 26.3 Å². The molecule has 0 spiro atoms. The van der Waals surface area contributed by atoms with Crippen LogP contribution in [0, 0.1) is 19.7 Å². The molecule has 0 N–H and O–H groups in total. The van der Waals surface area contributed by atoms with Crippen LogP contribution in [0.1, 0.15) is 45.3 Å². The van der Waals surface area contributed by atoms with Gasteiger partial charge in [0.1, 0.15) is 11.4 Å². The Morgan fingerprint density at radius 3 is 2.52 bits per heavy atom. The second-order valence-corrected chi connectivity index (χ2v) is 8.84. The van der Waals surface area contributed by atoms with Crippen LogP contribution in [0.25, 0.3) is 11.0 Å². The van der Waals surface area contributed by atoms with Gasteiger partial charge in [0.2, 0.25) is 5.76 Å². The minimum absolute atomic E-state index is 0.0235. The third-order valence-electron chi connectivity index (χ3n) is 6.76. The first-order valence-electron chi connectivity index (χ1n) is 11.4. The molecule has 3 aromatic rings. The molecule has 1 amide bonds. The first kappa shape index (κ1) is 21.8. The molecule has 0 unspecified atom stereocenters. The monoisotopic (exact) mass is 450 g/mol. The van der Waals surface area contributed by atoms with E-state index in [-0.39, 0.29) is 22.7 Å². The van der Waals surface area contributed by atoms with Gasteiger partial charge >= 0.3 is 0 Å². The summed E-state index contributed by atoms with van der Waals surface area (Å²) in [5, 5.41) is 0.418. The molecular weight excluding hydrogens is 423 g/mol. The predicted octanol–water partition coefficient (Wildman–Crippen LogP) is 3.82. The summed E-state index contributed by atoms with van der Waals surface area (Å²) in [5.74, 6) is -0.784. The molecule has 3 heterocycles. The van der Waals surface area contributed by atoms with E-state index in [0.29, 0.717) is 42.7 Å². The molecule has 1 fully saturated rings. The highest BCUT2D eigenvalue weighted by atomic mass is 19.1. The molecule has 0 bridgehead atoms. The lowest BCUT2D eigenvalue weighted by Gasteiger charge is -2.29. The number of nitrogens with zero attached hydrogens (tertiary/aromatic N) is 2. The van der Waals surface area contributed by atoms with Gasteiger partial charge in [-0.2, -0.15) is 0 Å². The molecule has 5 rings (SSSR count). The maximum atomic E-state index is 14.9. The number of amides is 1. The molecule has 1 atom stereocenters. The molecule has 1 aromatic heterocycles. The normalized spacial score (nSPS) is 18.8. The van der Waals surface area contributed by atoms with Crippen molar-refractivity contribution in [2.75, 3.05) is 39.4 Å². The minimum atomic E-state index is -0.805. The fourth-order valence-electron chi connectivity index (χ4n) is 4.82. The Morgan fingerprint density at radius 1 is 1.03 bits per heavy atom. The van der Waals surface area contributed by atoms with Crippen LogP contribution < -0.4 is 5.43 Å². The van der Waals surface area contributed by atoms with Gasteiger partial charge in [0, 0.05) is 31.7 Å². The molecule has 0 radical (unpaired) electrons. The second kappa shape index (κ2) is 8.72. The topological polar surface area (TPSA) is 63.0 Å². The van der Waals surface area contributed by atoms with Crippen LogP contribution >= 0.6 is 0 Å². The standard InChI is InChI=1S/C26H27FN2O4/c1-16-14-19-21(15-17(16)2)33-25-22(24(19)30)23(18-6-3-4-7-20(18)27)29(26(25)31)9-5-8-28-10-12-32-13-11-28/h3-4,6-7,14-15,23H,5,8-13H2,1-2H3/t23-/m1/s1. The van der Waals surface area contributed by atoms with E-state index in [1.807, 2.05) is 13.8 Å². The van der Waals surface area contributed by atoms with Crippen LogP contribution in [-0.2, 0) is 4.74 Å². The van der Waals surface area contributed by atoms with Crippen molar-refractivity contribution >= 4 is 16.9 Å². The van der Waals surface area contributed by atoms with Crippen LogP contribution in [0.5, 0.6) is 0 Å². The summed E-state index contributed by atoms with van der Waals surface area (Å²) in [5.41, 5.74) is 2.59. The Hall–Kier alpha value is -3.03. The third-order valence-corrected chi connectivity index (χ3v) is 6.76. The Kier molecular flexibility index (Phi) is 5.76. The fourth-order valence-corrected chi connectivity index (χ4v) is 4.82. The number of hydrogen-bond acceptors (Lipinski definition) is 5. The number of hydrogen-bond donors (Lipinski definition) is 0. The Morgan fingerprint density at radius 2 is 1.76 bits per heavy atom. The fraction of sp³-hybridized carbons (Fsp3) is 0.385. The van der Waals surface area contributed by atoms with Crippen molar-refractivity contribution in [3.63, 3.8) is 0 Å². The first-order valence-corrected chi connectivity index (χ1v) is 11.4. The lowest BCUT2D eigenvalue weighted by atomic mass is 9.97. The highest BCUT2D eigenvalue weighted by molar-refractivity contribution is 5.99. The zero-order chi connectivity index (χ0) is 23.1. The molecule has 2 aliphatic heterocycles. The van der Waals surface area contributed by atoms with Crippen LogP contribution in [0.4, 0.5) is 4.39 Å². The maximum Gasteiger partial charge on any atom is 0.290 e. The van der Waals surface area contributed by atoms with E-state index in [9.17, 15) is 14.0 Å². The van der Waals surface area contributed by atoms with Crippen molar-refractivity contribution in [2.24, 2.45) is 0 Å². The molecule has 0 aliphatic carbocycles. The lowest BCUT2D eigenvalue weighted by molar-refractivity contribution is 0.0353. The largest absolute Gasteiger partial charge is 0.450 e. The molecule has 2 aliphatic rings. The Balaban J connectivity index is 1.57. The number of ether oxygens (including phenoxy) is 1. The van der Waals surface area contributed by atoms with E-state index in [2.05, 4.69) is 4.90 Å². The lowest BCUT2D eigenvalue weighted by Crippen LogP contribution is -2.39. The van der Waals surface area contributed by atoms with E-state index in [4.69, 9.17) is 9.15 Å². The number of carbonyl (C=O) groups is 1. The van der Waals surface area contributed by atoms with Crippen molar-refractivity contribution in [3.8, 4) is 0 Å². The predicted molar refractivity (Wildman–Crippen MR) is 123 cm³/mol. The molecular formula is C26H27FN2O4. The quantitative estimate of drug-likeness (QED) is 0.592. The van der Waals surface area contributed by atoms with E-state index < -0.39 is 11.9 Å². The number of carbonyl (C=O) groups excluding carboxylic acids is 1.